The molecular formula is C5H11O2S2-. The van der Waals surface area contributed by atoms with Gasteiger partial charge in [-0.1, -0.05) is 24.9 Å². The Bertz CT molecular complexity index is 103. The second-order valence-electron chi connectivity index (χ2n) is 2.23. The Morgan fingerprint density at radius 2 is 2.11 bits per heavy atom. The molecule has 0 aliphatic carbocycles. The SMILES string of the molecule is CC(C)C(CS)S(=O)[O-]. The second-order valence-corrected chi connectivity index (χ2v) is 3.72. The Balaban J connectivity index is 3.83. The van der Waals surface area contributed by atoms with Crippen molar-refractivity contribution in [2.45, 2.75) is 19.1 Å². The molecule has 0 heterocycles. The fourth-order valence-electron chi connectivity index (χ4n) is 0.494. The van der Waals surface area contributed by atoms with Crippen LogP contribution in [0.1, 0.15) is 13.8 Å². The first-order valence-electron chi connectivity index (χ1n) is 2.78. The van der Waals surface area contributed by atoms with Gasteiger partial charge >= 0.3 is 0 Å². The molecule has 2 atom stereocenters. The zero-order chi connectivity index (χ0) is 7.44. The first kappa shape index (κ1) is 9.46. The summed E-state index contributed by atoms with van der Waals surface area (Å²) in [5.41, 5.74) is 0. The normalized spacial score (nSPS) is 17.9. The molecule has 0 aliphatic heterocycles. The standard InChI is InChI=1S/C5H12O2S2/c1-4(2)5(3-8)9(6)7/h4-5,8H,3H2,1-2H3,(H,6,7)/p-1. The van der Waals surface area contributed by atoms with E-state index in [0.29, 0.717) is 5.75 Å². The third-order valence-electron chi connectivity index (χ3n) is 1.17. The fraction of sp³-hybridized carbons (Fsp3) is 1.00. The first-order chi connectivity index (χ1) is 4.09. The van der Waals surface area contributed by atoms with Gasteiger partial charge in [-0.15, -0.1) is 0 Å². The van der Waals surface area contributed by atoms with Gasteiger partial charge in [0, 0.05) is 11.0 Å². The highest BCUT2D eigenvalue weighted by atomic mass is 32.2. The molecule has 2 nitrogen and oxygen atoms in total. The van der Waals surface area contributed by atoms with Gasteiger partial charge in [0.05, 0.1) is 0 Å². The van der Waals surface area contributed by atoms with Crippen LogP contribution in [0.2, 0.25) is 0 Å². The maximum absolute atomic E-state index is 10.3. The van der Waals surface area contributed by atoms with Crippen molar-refractivity contribution in [3.8, 4) is 0 Å². The molecule has 0 saturated carbocycles. The van der Waals surface area contributed by atoms with E-state index in [1.54, 1.807) is 0 Å². The minimum Gasteiger partial charge on any atom is -0.772 e. The van der Waals surface area contributed by atoms with Crippen LogP contribution in [-0.2, 0) is 11.1 Å². The lowest BCUT2D eigenvalue weighted by Crippen LogP contribution is -2.22. The lowest BCUT2D eigenvalue weighted by Gasteiger charge is -2.20. The van der Waals surface area contributed by atoms with Crippen LogP contribution >= 0.6 is 12.6 Å². The lowest BCUT2D eigenvalue weighted by atomic mass is 10.1. The van der Waals surface area contributed by atoms with Crippen molar-refractivity contribution in [1.82, 2.24) is 0 Å². The van der Waals surface area contributed by atoms with Gasteiger partial charge in [0.2, 0.25) is 0 Å². The van der Waals surface area contributed by atoms with Crippen molar-refractivity contribution in [2.24, 2.45) is 5.92 Å². The van der Waals surface area contributed by atoms with E-state index in [9.17, 15) is 8.76 Å². The van der Waals surface area contributed by atoms with Gasteiger partial charge in [0.1, 0.15) is 0 Å². The molecule has 0 aromatic rings. The predicted molar refractivity (Wildman–Crippen MR) is 41.4 cm³/mol. The van der Waals surface area contributed by atoms with Crippen molar-refractivity contribution in [2.75, 3.05) is 5.75 Å². The molecule has 0 spiro atoms. The van der Waals surface area contributed by atoms with Crippen LogP contribution in [0.3, 0.4) is 0 Å². The Morgan fingerprint density at radius 3 is 2.11 bits per heavy atom. The lowest BCUT2D eigenvalue weighted by molar-refractivity contribution is 0.501. The van der Waals surface area contributed by atoms with Crippen LogP contribution < -0.4 is 0 Å². The maximum atomic E-state index is 10.3. The smallest absolute Gasteiger partial charge is 0.0326 e. The maximum Gasteiger partial charge on any atom is 0.0326 e. The predicted octanol–water partition coefficient (Wildman–Crippen LogP) is 0.820. The molecule has 0 aliphatic rings. The summed E-state index contributed by atoms with van der Waals surface area (Å²) in [5.74, 6) is 0.578. The highest BCUT2D eigenvalue weighted by Gasteiger charge is 2.10. The molecule has 0 bridgehead atoms. The van der Waals surface area contributed by atoms with E-state index < -0.39 is 11.1 Å². The number of hydrogen-bond acceptors (Lipinski definition) is 3. The molecule has 4 heteroatoms. The molecule has 9 heavy (non-hydrogen) atoms. The van der Waals surface area contributed by atoms with Crippen LogP contribution in [0.4, 0.5) is 0 Å². The van der Waals surface area contributed by atoms with Gasteiger partial charge in [-0.2, -0.15) is 12.6 Å². The average molecular weight is 167 g/mol. The molecule has 0 N–H and O–H groups in total. The van der Waals surface area contributed by atoms with Gasteiger partial charge in [-0.3, -0.25) is 4.21 Å². The van der Waals surface area contributed by atoms with E-state index in [1.807, 2.05) is 13.8 Å². The summed E-state index contributed by atoms with van der Waals surface area (Å²) in [6, 6.07) is 0. The fourth-order valence-corrected chi connectivity index (χ4v) is 1.85. The largest absolute Gasteiger partial charge is 0.772 e. The summed E-state index contributed by atoms with van der Waals surface area (Å²) < 4.78 is 20.6. The van der Waals surface area contributed by atoms with E-state index in [0.717, 1.165) is 0 Å². The minimum absolute atomic E-state index is 0.167. The van der Waals surface area contributed by atoms with Gasteiger partial charge in [-0.05, 0) is 5.92 Å². The first-order valence-corrected chi connectivity index (χ1v) is 4.55. The number of hydrogen-bond donors (Lipinski definition) is 1. The molecule has 0 rings (SSSR count). The van der Waals surface area contributed by atoms with E-state index in [-0.39, 0.29) is 11.2 Å². The molecule has 56 valence electrons. The van der Waals surface area contributed by atoms with Gasteiger partial charge < -0.3 is 4.55 Å². The van der Waals surface area contributed by atoms with E-state index in [2.05, 4.69) is 12.6 Å². The van der Waals surface area contributed by atoms with Crippen molar-refractivity contribution >= 4 is 23.7 Å². The summed E-state index contributed by atoms with van der Waals surface area (Å²) in [6.07, 6.45) is 0. The Morgan fingerprint density at radius 1 is 1.67 bits per heavy atom. The van der Waals surface area contributed by atoms with Crippen molar-refractivity contribution in [1.29, 1.82) is 0 Å². The van der Waals surface area contributed by atoms with Gasteiger partial charge in [0.25, 0.3) is 0 Å². The molecule has 0 aromatic heterocycles. The number of rotatable bonds is 3. The summed E-state index contributed by atoms with van der Waals surface area (Å²) in [6.45, 7) is 3.74. The molecule has 2 unspecified atom stereocenters. The molecule has 0 radical (unpaired) electrons. The van der Waals surface area contributed by atoms with Crippen molar-refractivity contribution < 1.29 is 8.76 Å². The van der Waals surface area contributed by atoms with Crippen LogP contribution in [0, 0.1) is 5.92 Å². The third-order valence-corrected chi connectivity index (χ3v) is 3.02. The summed E-state index contributed by atoms with van der Waals surface area (Å²) in [4.78, 5) is 0. The summed E-state index contributed by atoms with van der Waals surface area (Å²) >= 11 is 1.94. The second kappa shape index (κ2) is 4.30. The van der Waals surface area contributed by atoms with Crippen LogP contribution in [0.5, 0.6) is 0 Å². The number of thiol groups is 1. The van der Waals surface area contributed by atoms with Crippen LogP contribution in [-0.4, -0.2) is 19.8 Å². The quantitative estimate of drug-likeness (QED) is 0.499. The molecule has 0 amide bonds. The minimum atomic E-state index is -1.96. The zero-order valence-electron chi connectivity index (χ0n) is 5.53. The molecule has 0 aromatic carbocycles. The highest BCUT2D eigenvalue weighted by Crippen LogP contribution is 2.08. The Hall–Kier alpha value is 0.460. The van der Waals surface area contributed by atoms with Gasteiger partial charge in [-0.25, -0.2) is 0 Å². The van der Waals surface area contributed by atoms with Crippen molar-refractivity contribution in [3.63, 3.8) is 0 Å². The topological polar surface area (TPSA) is 40.1 Å². The molecule has 0 saturated heterocycles. The van der Waals surface area contributed by atoms with Crippen molar-refractivity contribution in [3.05, 3.63) is 0 Å². The van der Waals surface area contributed by atoms with Crippen LogP contribution in [0.15, 0.2) is 0 Å². The monoisotopic (exact) mass is 167 g/mol. The van der Waals surface area contributed by atoms with E-state index in [1.165, 1.54) is 0 Å². The zero-order valence-corrected chi connectivity index (χ0v) is 7.24. The van der Waals surface area contributed by atoms with E-state index >= 15 is 0 Å². The summed E-state index contributed by atoms with van der Waals surface area (Å²) in [5, 5.41) is -0.298. The van der Waals surface area contributed by atoms with E-state index in [4.69, 9.17) is 0 Å². The molecule has 0 fully saturated rings. The molecular weight excluding hydrogens is 156 g/mol. The third kappa shape index (κ3) is 3.23. The summed E-state index contributed by atoms with van der Waals surface area (Å²) in [7, 11) is 0. The Kier molecular flexibility index (Phi) is 4.52. The average Bonchev–Trinajstić information content (AvgIpc) is 1.64. The van der Waals surface area contributed by atoms with Gasteiger partial charge in [0.15, 0.2) is 0 Å². The Labute approximate surface area is 63.7 Å². The highest BCUT2D eigenvalue weighted by molar-refractivity contribution is 7.84. The van der Waals surface area contributed by atoms with Crippen LogP contribution in [0.25, 0.3) is 0 Å².